The number of hydrogen-bond acceptors (Lipinski definition) is 3. The average molecular weight is 231 g/mol. The predicted octanol–water partition coefficient (Wildman–Crippen LogP) is 2.31. The first kappa shape index (κ1) is 7.54. The van der Waals surface area contributed by atoms with Gasteiger partial charge in [-0.15, -0.1) is 0 Å². The molecule has 0 fully saturated rings. The van der Waals surface area contributed by atoms with Crippen LogP contribution in [-0.2, 0) is 0 Å². The number of fused-ring (bicyclic) bond motifs is 1. The summed E-state index contributed by atoms with van der Waals surface area (Å²) >= 11 is 3.03. The van der Waals surface area contributed by atoms with Crippen LogP contribution >= 0.6 is 15.9 Å². The fourth-order valence-corrected chi connectivity index (χ4v) is 1.29. The summed E-state index contributed by atoms with van der Waals surface area (Å²) in [6.45, 7) is 0. The van der Waals surface area contributed by atoms with Gasteiger partial charge in [0.05, 0.1) is 9.86 Å². The highest BCUT2D eigenvalue weighted by Crippen LogP contribution is 2.27. The van der Waals surface area contributed by atoms with E-state index in [2.05, 4.69) is 25.6 Å². The van der Waals surface area contributed by atoms with E-state index in [0.29, 0.717) is 9.86 Å². The number of rotatable bonds is 0. The van der Waals surface area contributed by atoms with Crippen LogP contribution in [-0.4, -0.2) is 5.16 Å². The second kappa shape index (κ2) is 2.45. The van der Waals surface area contributed by atoms with E-state index in [1.54, 1.807) is 12.1 Å². The van der Waals surface area contributed by atoms with Crippen LogP contribution in [0.4, 0.5) is 10.3 Å². The van der Waals surface area contributed by atoms with Gasteiger partial charge in [-0.1, -0.05) is 5.16 Å². The van der Waals surface area contributed by atoms with Crippen LogP contribution in [0.15, 0.2) is 21.1 Å². The number of hydrogen-bond donors (Lipinski definition) is 1. The summed E-state index contributed by atoms with van der Waals surface area (Å²) in [6, 6.07) is 3.21. The van der Waals surface area contributed by atoms with Crippen LogP contribution in [0.3, 0.4) is 0 Å². The minimum absolute atomic E-state index is 0.136. The Labute approximate surface area is 75.5 Å². The van der Waals surface area contributed by atoms with Crippen LogP contribution < -0.4 is 5.73 Å². The summed E-state index contributed by atoms with van der Waals surface area (Å²) in [5, 5.41) is 3.97. The molecule has 3 nitrogen and oxygen atoms in total. The summed E-state index contributed by atoms with van der Waals surface area (Å²) in [5.41, 5.74) is 5.54. The molecule has 0 aliphatic rings. The lowest BCUT2D eigenvalue weighted by molar-refractivity contribution is 0.441. The van der Waals surface area contributed by atoms with Crippen molar-refractivity contribution in [2.24, 2.45) is 0 Å². The first-order valence-electron chi connectivity index (χ1n) is 3.19. The molecule has 0 aliphatic heterocycles. The Kier molecular flexibility index (Phi) is 1.54. The van der Waals surface area contributed by atoms with Crippen molar-refractivity contribution in [3.63, 3.8) is 0 Å². The molecule has 0 bridgehead atoms. The minimum atomic E-state index is -0.451. The van der Waals surface area contributed by atoms with Gasteiger partial charge >= 0.3 is 0 Å². The van der Waals surface area contributed by atoms with Crippen molar-refractivity contribution >= 4 is 32.7 Å². The molecule has 2 aromatic rings. The van der Waals surface area contributed by atoms with Crippen LogP contribution in [0.2, 0.25) is 0 Å². The van der Waals surface area contributed by atoms with Gasteiger partial charge in [-0.05, 0) is 28.1 Å². The molecule has 0 amide bonds. The molecule has 1 heterocycles. The Morgan fingerprint density at radius 1 is 1.50 bits per heavy atom. The molecule has 0 saturated carbocycles. The number of nitrogens with zero attached hydrogens (tertiary/aromatic N) is 1. The number of nitrogens with two attached hydrogens (primary N) is 1. The monoisotopic (exact) mass is 230 g/mol. The van der Waals surface area contributed by atoms with Gasteiger partial charge < -0.3 is 10.3 Å². The van der Waals surface area contributed by atoms with Gasteiger partial charge in [0, 0.05) is 0 Å². The topological polar surface area (TPSA) is 52.0 Å². The Bertz CT molecular complexity index is 440. The quantitative estimate of drug-likeness (QED) is 0.756. The van der Waals surface area contributed by atoms with Gasteiger partial charge in [0.1, 0.15) is 0 Å². The number of halogens is 2. The third-order valence-corrected chi connectivity index (χ3v) is 2.18. The molecule has 2 rings (SSSR count). The highest BCUT2D eigenvalue weighted by molar-refractivity contribution is 9.10. The van der Waals surface area contributed by atoms with E-state index in [-0.39, 0.29) is 11.4 Å². The predicted molar refractivity (Wildman–Crippen MR) is 46.1 cm³/mol. The Balaban J connectivity index is 2.93. The molecule has 0 radical (unpaired) electrons. The zero-order valence-electron chi connectivity index (χ0n) is 5.84. The van der Waals surface area contributed by atoms with Gasteiger partial charge in [0.15, 0.2) is 11.3 Å². The first-order valence-corrected chi connectivity index (χ1v) is 3.98. The van der Waals surface area contributed by atoms with E-state index in [1.807, 2.05) is 0 Å². The van der Waals surface area contributed by atoms with E-state index in [4.69, 9.17) is 5.73 Å². The largest absolute Gasteiger partial charge is 0.367 e. The van der Waals surface area contributed by atoms with Gasteiger partial charge in [-0.3, -0.25) is 0 Å². The average Bonchev–Trinajstić information content (AvgIpc) is 2.41. The third kappa shape index (κ3) is 0.896. The fourth-order valence-electron chi connectivity index (χ4n) is 0.972. The summed E-state index contributed by atoms with van der Waals surface area (Å²) in [4.78, 5) is 0. The molecule has 5 heteroatoms. The SMILES string of the molecule is Nc1onc2c(F)c(Br)ccc12. The molecule has 62 valence electrons. The smallest absolute Gasteiger partial charge is 0.230 e. The summed E-state index contributed by atoms with van der Waals surface area (Å²) in [7, 11) is 0. The zero-order valence-corrected chi connectivity index (χ0v) is 7.43. The van der Waals surface area contributed by atoms with Crippen molar-refractivity contribution in [2.75, 3.05) is 5.73 Å². The van der Waals surface area contributed by atoms with Crippen molar-refractivity contribution in [2.45, 2.75) is 0 Å². The maximum absolute atomic E-state index is 13.2. The lowest BCUT2D eigenvalue weighted by atomic mass is 10.2. The van der Waals surface area contributed by atoms with Gasteiger partial charge in [-0.25, -0.2) is 4.39 Å². The second-order valence-electron chi connectivity index (χ2n) is 2.30. The lowest BCUT2D eigenvalue weighted by Gasteiger charge is -1.92. The van der Waals surface area contributed by atoms with Gasteiger partial charge in [0.2, 0.25) is 5.88 Å². The molecule has 1 aromatic heterocycles. The van der Waals surface area contributed by atoms with Crippen molar-refractivity contribution in [1.29, 1.82) is 0 Å². The Morgan fingerprint density at radius 2 is 2.25 bits per heavy atom. The van der Waals surface area contributed by atoms with Crippen LogP contribution in [0.1, 0.15) is 0 Å². The van der Waals surface area contributed by atoms with Crippen molar-refractivity contribution in [3.8, 4) is 0 Å². The van der Waals surface area contributed by atoms with E-state index in [1.165, 1.54) is 0 Å². The molecule has 2 N–H and O–H groups in total. The molecule has 0 saturated heterocycles. The van der Waals surface area contributed by atoms with E-state index >= 15 is 0 Å². The van der Waals surface area contributed by atoms with Crippen molar-refractivity contribution in [3.05, 3.63) is 22.4 Å². The molecule has 1 aromatic carbocycles. The Morgan fingerprint density at radius 3 is 3.00 bits per heavy atom. The van der Waals surface area contributed by atoms with Gasteiger partial charge in [0.25, 0.3) is 0 Å². The normalized spacial score (nSPS) is 10.8. The standard InChI is InChI=1S/C7H4BrFN2O/c8-4-2-1-3-6(5(4)9)11-12-7(3)10/h1-2H,10H2. The third-order valence-electron chi connectivity index (χ3n) is 1.57. The second-order valence-corrected chi connectivity index (χ2v) is 3.16. The molecule has 12 heavy (non-hydrogen) atoms. The number of nitrogen functional groups attached to an aromatic ring is 1. The van der Waals surface area contributed by atoms with Crippen LogP contribution in [0.5, 0.6) is 0 Å². The summed E-state index contributed by atoms with van der Waals surface area (Å²) in [5.74, 6) is -0.315. The Hall–Kier alpha value is -1.10. The van der Waals surface area contributed by atoms with Crippen LogP contribution in [0.25, 0.3) is 10.9 Å². The number of benzene rings is 1. The van der Waals surface area contributed by atoms with E-state index < -0.39 is 5.82 Å². The molecular formula is C7H4BrFN2O. The van der Waals surface area contributed by atoms with Crippen molar-refractivity contribution in [1.82, 2.24) is 5.16 Å². The maximum atomic E-state index is 13.2. The molecule has 0 spiro atoms. The number of aromatic nitrogens is 1. The molecular weight excluding hydrogens is 227 g/mol. The summed E-state index contributed by atoms with van der Waals surface area (Å²) < 4.78 is 18.2. The molecule has 0 aliphatic carbocycles. The summed E-state index contributed by atoms with van der Waals surface area (Å²) in [6.07, 6.45) is 0. The highest BCUT2D eigenvalue weighted by atomic mass is 79.9. The van der Waals surface area contributed by atoms with Crippen LogP contribution in [0, 0.1) is 5.82 Å². The van der Waals surface area contributed by atoms with E-state index in [9.17, 15) is 4.39 Å². The number of anilines is 1. The van der Waals surface area contributed by atoms with E-state index in [0.717, 1.165) is 0 Å². The molecule has 0 unspecified atom stereocenters. The first-order chi connectivity index (χ1) is 5.70. The maximum Gasteiger partial charge on any atom is 0.230 e. The highest BCUT2D eigenvalue weighted by Gasteiger charge is 2.11. The van der Waals surface area contributed by atoms with Gasteiger partial charge in [-0.2, -0.15) is 0 Å². The minimum Gasteiger partial charge on any atom is -0.367 e. The van der Waals surface area contributed by atoms with Crippen molar-refractivity contribution < 1.29 is 8.91 Å². The molecule has 0 atom stereocenters. The fraction of sp³-hybridized carbons (Fsp3) is 0. The zero-order chi connectivity index (χ0) is 8.72. The lowest BCUT2D eigenvalue weighted by Crippen LogP contribution is -1.82.